The van der Waals surface area contributed by atoms with E-state index in [1.807, 2.05) is 31.2 Å². The minimum absolute atomic E-state index is 0.0167. The van der Waals surface area contributed by atoms with Crippen LogP contribution in [0.5, 0.6) is 0 Å². The molecule has 0 unspecified atom stereocenters. The Bertz CT molecular complexity index is 1090. The van der Waals surface area contributed by atoms with Crippen molar-refractivity contribution < 1.29 is 4.74 Å². The molecular weight excluding hydrogens is 384 g/mol. The van der Waals surface area contributed by atoms with Crippen LogP contribution < -0.4 is 15.6 Å². The molecule has 0 bridgehead atoms. The molecular formula is C22H26N4O2S. The highest BCUT2D eigenvalue weighted by atomic mass is 32.2. The van der Waals surface area contributed by atoms with E-state index < -0.39 is 0 Å². The maximum atomic E-state index is 13.1. The number of hydrogen-bond donors (Lipinski definition) is 1. The maximum Gasteiger partial charge on any atom is 0.261 e. The molecule has 152 valence electrons. The van der Waals surface area contributed by atoms with Crippen molar-refractivity contribution in [1.29, 1.82) is 0 Å². The summed E-state index contributed by atoms with van der Waals surface area (Å²) in [5, 5.41) is 6.36. The highest BCUT2D eigenvalue weighted by Crippen LogP contribution is 2.21. The number of aryl methyl sites for hydroxylation is 3. The molecule has 1 saturated heterocycles. The first-order valence-electron chi connectivity index (χ1n) is 9.87. The van der Waals surface area contributed by atoms with Gasteiger partial charge in [0.1, 0.15) is 5.82 Å². The first-order valence-corrected chi connectivity index (χ1v) is 10.7. The lowest BCUT2D eigenvalue weighted by Gasteiger charge is -2.29. The SMILES string of the molecule is Cc1ccc(SN)cc1CCn1c(C)nc2cc(N3CCOCC3)ccc2c1=O. The number of anilines is 1. The molecule has 2 N–H and O–H groups in total. The van der Waals surface area contributed by atoms with Crippen molar-refractivity contribution in [2.24, 2.45) is 5.14 Å². The molecule has 0 amide bonds. The Morgan fingerprint density at radius 2 is 1.93 bits per heavy atom. The van der Waals surface area contributed by atoms with Gasteiger partial charge < -0.3 is 9.64 Å². The van der Waals surface area contributed by atoms with E-state index in [0.29, 0.717) is 11.9 Å². The van der Waals surface area contributed by atoms with Crippen LogP contribution >= 0.6 is 11.9 Å². The Morgan fingerprint density at radius 3 is 2.69 bits per heavy atom. The third kappa shape index (κ3) is 4.17. The molecule has 29 heavy (non-hydrogen) atoms. The van der Waals surface area contributed by atoms with Crippen molar-refractivity contribution in [2.45, 2.75) is 31.7 Å². The molecule has 1 fully saturated rings. The monoisotopic (exact) mass is 410 g/mol. The number of aromatic nitrogens is 2. The Kier molecular flexibility index (Phi) is 5.89. The van der Waals surface area contributed by atoms with Crippen LogP contribution in [0, 0.1) is 13.8 Å². The van der Waals surface area contributed by atoms with Crippen molar-refractivity contribution in [3.63, 3.8) is 0 Å². The first-order chi connectivity index (χ1) is 14.1. The van der Waals surface area contributed by atoms with Crippen LogP contribution in [0.2, 0.25) is 0 Å². The molecule has 6 nitrogen and oxygen atoms in total. The largest absolute Gasteiger partial charge is 0.378 e. The van der Waals surface area contributed by atoms with Gasteiger partial charge >= 0.3 is 0 Å². The van der Waals surface area contributed by atoms with Crippen molar-refractivity contribution >= 4 is 28.5 Å². The molecule has 2 aromatic carbocycles. The van der Waals surface area contributed by atoms with E-state index in [1.54, 1.807) is 4.57 Å². The van der Waals surface area contributed by atoms with Gasteiger partial charge in [-0.25, -0.2) is 4.98 Å². The number of fused-ring (bicyclic) bond motifs is 1. The second-order valence-corrected chi connectivity index (χ2v) is 8.08. The average molecular weight is 411 g/mol. The number of rotatable bonds is 5. The predicted molar refractivity (Wildman–Crippen MR) is 119 cm³/mol. The molecule has 4 rings (SSSR count). The highest BCUT2D eigenvalue weighted by molar-refractivity contribution is 7.97. The third-order valence-corrected chi connectivity index (χ3v) is 6.09. The van der Waals surface area contributed by atoms with Crippen molar-refractivity contribution in [2.75, 3.05) is 31.2 Å². The van der Waals surface area contributed by atoms with Gasteiger partial charge in [-0.3, -0.25) is 14.5 Å². The van der Waals surface area contributed by atoms with Gasteiger partial charge in [-0.1, -0.05) is 6.07 Å². The Morgan fingerprint density at radius 1 is 1.14 bits per heavy atom. The van der Waals surface area contributed by atoms with Gasteiger partial charge in [0.2, 0.25) is 0 Å². The van der Waals surface area contributed by atoms with E-state index in [0.717, 1.165) is 54.6 Å². The zero-order valence-corrected chi connectivity index (χ0v) is 17.7. The highest BCUT2D eigenvalue weighted by Gasteiger charge is 2.14. The maximum absolute atomic E-state index is 13.1. The van der Waals surface area contributed by atoms with Crippen LogP contribution in [0.3, 0.4) is 0 Å². The van der Waals surface area contributed by atoms with Crippen molar-refractivity contribution in [3.05, 3.63) is 63.7 Å². The lowest BCUT2D eigenvalue weighted by Crippen LogP contribution is -2.36. The van der Waals surface area contributed by atoms with Crippen LogP contribution in [0.4, 0.5) is 5.69 Å². The van der Waals surface area contributed by atoms with Crippen LogP contribution in [0.1, 0.15) is 17.0 Å². The van der Waals surface area contributed by atoms with E-state index in [4.69, 9.17) is 14.9 Å². The fraction of sp³-hybridized carbons (Fsp3) is 0.364. The second-order valence-electron chi connectivity index (χ2n) is 7.37. The number of benzene rings is 2. The normalized spacial score (nSPS) is 14.5. The standard InChI is InChI=1S/C22H26N4O2S/c1-15-3-5-19(29-23)13-17(15)7-8-26-16(2)24-21-14-18(4-6-20(21)22(26)27)25-9-11-28-12-10-25/h3-6,13-14H,7-12,23H2,1-2H3. The van der Waals surface area contributed by atoms with E-state index in [-0.39, 0.29) is 5.56 Å². The van der Waals surface area contributed by atoms with Crippen molar-refractivity contribution in [1.82, 2.24) is 9.55 Å². The topological polar surface area (TPSA) is 73.4 Å². The van der Waals surface area contributed by atoms with Gasteiger partial charge in [-0.15, -0.1) is 0 Å². The summed E-state index contributed by atoms with van der Waals surface area (Å²) in [6.45, 7) is 7.77. The smallest absolute Gasteiger partial charge is 0.261 e. The number of ether oxygens (including phenoxy) is 1. The molecule has 1 aliphatic rings. The Labute approximate surface area is 174 Å². The molecule has 7 heteroatoms. The number of nitrogens with two attached hydrogens (primary N) is 1. The number of hydrogen-bond acceptors (Lipinski definition) is 6. The first kappa shape index (κ1) is 19.9. The van der Waals surface area contributed by atoms with Gasteiger partial charge in [0, 0.05) is 30.2 Å². The Balaban J connectivity index is 1.63. The predicted octanol–water partition coefficient (Wildman–Crippen LogP) is 3.06. The summed E-state index contributed by atoms with van der Waals surface area (Å²) in [5.41, 5.74) is 4.27. The number of morpholine rings is 1. The zero-order chi connectivity index (χ0) is 20.4. The minimum atomic E-state index is 0.0167. The summed E-state index contributed by atoms with van der Waals surface area (Å²) in [6, 6.07) is 12.1. The van der Waals surface area contributed by atoms with Crippen LogP contribution in [0.25, 0.3) is 10.9 Å². The molecule has 2 heterocycles. The zero-order valence-electron chi connectivity index (χ0n) is 16.9. The summed E-state index contributed by atoms with van der Waals surface area (Å²) < 4.78 is 7.21. The fourth-order valence-electron chi connectivity index (χ4n) is 3.82. The molecule has 0 radical (unpaired) electrons. The van der Waals surface area contributed by atoms with Gasteiger partial charge in [0.05, 0.1) is 24.1 Å². The second kappa shape index (κ2) is 8.57. The molecule has 0 spiro atoms. The lowest BCUT2D eigenvalue weighted by atomic mass is 10.1. The summed E-state index contributed by atoms with van der Waals surface area (Å²) >= 11 is 1.24. The van der Waals surface area contributed by atoms with Gasteiger partial charge in [-0.2, -0.15) is 0 Å². The quantitative estimate of drug-likeness (QED) is 0.652. The molecule has 3 aromatic rings. The molecule has 0 atom stereocenters. The molecule has 0 aliphatic carbocycles. The van der Waals surface area contributed by atoms with Gasteiger partial charge in [-0.05, 0) is 73.7 Å². The Hall–Kier alpha value is -2.35. The minimum Gasteiger partial charge on any atom is -0.378 e. The lowest BCUT2D eigenvalue weighted by molar-refractivity contribution is 0.122. The fourth-order valence-corrected chi connectivity index (χ4v) is 4.18. The summed E-state index contributed by atoms with van der Waals surface area (Å²) in [5.74, 6) is 0.739. The van der Waals surface area contributed by atoms with Gasteiger partial charge in [0.15, 0.2) is 0 Å². The van der Waals surface area contributed by atoms with E-state index in [1.165, 1.54) is 23.1 Å². The number of nitrogens with zero attached hydrogens (tertiary/aromatic N) is 3. The van der Waals surface area contributed by atoms with E-state index in [2.05, 4.69) is 24.0 Å². The van der Waals surface area contributed by atoms with E-state index >= 15 is 0 Å². The summed E-state index contributed by atoms with van der Waals surface area (Å²) in [7, 11) is 0. The third-order valence-electron chi connectivity index (χ3n) is 5.57. The van der Waals surface area contributed by atoms with Crippen molar-refractivity contribution in [3.8, 4) is 0 Å². The van der Waals surface area contributed by atoms with Crippen LogP contribution in [-0.2, 0) is 17.7 Å². The summed E-state index contributed by atoms with van der Waals surface area (Å²) in [4.78, 5) is 21.2. The van der Waals surface area contributed by atoms with Crippen LogP contribution in [-0.4, -0.2) is 35.9 Å². The van der Waals surface area contributed by atoms with Gasteiger partial charge in [0.25, 0.3) is 5.56 Å². The van der Waals surface area contributed by atoms with Crippen LogP contribution in [0.15, 0.2) is 46.1 Å². The molecule has 0 saturated carbocycles. The molecule has 1 aliphatic heterocycles. The van der Waals surface area contributed by atoms with E-state index in [9.17, 15) is 4.79 Å². The average Bonchev–Trinajstić information content (AvgIpc) is 2.75. The summed E-state index contributed by atoms with van der Waals surface area (Å²) in [6.07, 6.45) is 0.764. The molecule has 1 aromatic heterocycles.